The van der Waals surface area contributed by atoms with E-state index < -0.39 is 17.5 Å². The molecule has 5 nitrogen and oxygen atoms in total. The van der Waals surface area contributed by atoms with Crippen LogP contribution in [0.4, 0.5) is 14.6 Å². The fraction of sp³-hybridized carbons (Fsp3) is 0.143. The molecule has 0 aliphatic heterocycles. The second kappa shape index (κ2) is 6.17. The number of aromatic nitrogens is 1. The third-order valence-corrected chi connectivity index (χ3v) is 2.83. The zero-order chi connectivity index (χ0) is 15.4. The van der Waals surface area contributed by atoms with E-state index in [0.717, 1.165) is 12.3 Å². The Hall–Kier alpha value is -2.70. The first-order valence-electron chi connectivity index (χ1n) is 6.03. The maximum atomic E-state index is 13.9. The van der Waals surface area contributed by atoms with Crippen LogP contribution in [0, 0.1) is 11.6 Å². The highest BCUT2D eigenvalue weighted by molar-refractivity contribution is 5.98. The molecular weight excluding hydrogens is 280 g/mol. The standard InChI is InChI=1S/C14H13F2N3O2/c1-21-11-4-2-3-8(12(11)16)6-19-14(20)10-5-9(15)7-18-13(10)17/h2-5,7H,6H2,1H3,(H2,17,18)(H,19,20). The van der Waals surface area contributed by atoms with Crippen LogP contribution in [0.2, 0.25) is 0 Å². The second-order valence-corrected chi connectivity index (χ2v) is 4.20. The molecule has 1 aromatic heterocycles. The number of carbonyl (C=O) groups is 1. The first-order valence-corrected chi connectivity index (χ1v) is 6.03. The number of nitrogens with zero attached hydrogens (tertiary/aromatic N) is 1. The summed E-state index contributed by atoms with van der Waals surface area (Å²) in [5.41, 5.74) is 5.64. The number of nitrogens with two attached hydrogens (primary N) is 1. The van der Waals surface area contributed by atoms with E-state index in [2.05, 4.69) is 10.3 Å². The Kier molecular flexibility index (Phi) is 4.32. The van der Waals surface area contributed by atoms with Crippen molar-refractivity contribution in [3.05, 3.63) is 53.2 Å². The minimum atomic E-state index is -0.679. The predicted molar refractivity (Wildman–Crippen MR) is 72.7 cm³/mol. The lowest BCUT2D eigenvalue weighted by molar-refractivity contribution is 0.0950. The number of hydrogen-bond donors (Lipinski definition) is 2. The number of nitrogens with one attached hydrogen (secondary N) is 1. The average molecular weight is 293 g/mol. The van der Waals surface area contributed by atoms with E-state index in [9.17, 15) is 13.6 Å². The Morgan fingerprint density at radius 1 is 1.43 bits per heavy atom. The van der Waals surface area contributed by atoms with Gasteiger partial charge in [-0.1, -0.05) is 12.1 Å². The molecule has 7 heteroatoms. The van der Waals surface area contributed by atoms with Crippen molar-refractivity contribution in [3.63, 3.8) is 0 Å². The van der Waals surface area contributed by atoms with Crippen LogP contribution in [-0.2, 0) is 6.54 Å². The number of rotatable bonds is 4. The zero-order valence-corrected chi connectivity index (χ0v) is 11.2. The maximum absolute atomic E-state index is 13.9. The summed E-state index contributed by atoms with van der Waals surface area (Å²) < 4.78 is 31.8. The number of carbonyl (C=O) groups excluding carboxylic acids is 1. The fourth-order valence-electron chi connectivity index (χ4n) is 1.75. The summed E-state index contributed by atoms with van der Waals surface area (Å²) in [6.07, 6.45) is 0.911. The summed E-state index contributed by atoms with van der Waals surface area (Å²) in [5.74, 6) is -1.90. The van der Waals surface area contributed by atoms with E-state index in [1.807, 2.05) is 0 Å². The lowest BCUT2D eigenvalue weighted by Gasteiger charge is -2.09. The topological polar surface area (TPSA) is 77.2 Å². The van der Waals surface area contributed by atoms with Crippen molar-refractivity contribution in [2.75, 3.05) is 12.8 Å². The number of methoxy groups -OCH3 is 1. The van der Waals surface area contributed by atoms with Crippen molar-refractivity contribution in [2.24, 2.45) is 0 Å². The molecule has 2 rings (SSSR count). The number of nitrogen functional groups attached to an aromatic ring is 1. The molecule has 0 radical (unpaired) electrons. The molecule has 1 heterocycles. The summed E-state index contributed by atoms with van der Waals surface area (Å²) >= 11 is 0. The van der Waals surface area contributed by atoms with Crippen LogP contribution in [0.3, 0.4) is 0 Å². The van der Waals surface area contributed by atoms with Crippen LogP contribution in [-0.4, -0.2) is 18.0 Å². The van der Waals surface area contributed by atoms with Crippen LogP contribution in [0.5, 0.6) is 5.75 Å². The van der Waals surface area contributed by atoms with Crippen molar-refractivity contribution in [1.29, 1.82) is 0 Å². The largest absolute Gasteiger partial charge is 0.494 e. The number of amides is 1. The molecule has 0 saturated carbocycles. The van der Waals surface area contributed by atoms with Crippen molar-refractivity contribution in [3.8, 4) is 5.75 Å². The van der Waals surface area contributed by atoms with E-state index >= 15 is 0 Å². The molecule has 1 amide bonds. The Bertz CT molecular complexity index is 677. The maximum Gasteiger partial charge on any atom is 0.255 e. The third kappa shape index (κ3) is 3.25. The Labute approximate surface area is 119 Å². The zero-order valence-electron chi connectivity index (χ0n) is 11.2. The Morgan fingerprint density at radius 2 is 2.19 bits per heavy atom. The number of anilines is 1. The van der Waals surface area contributed by atoms with Crippen LogP contribution in [0.15, 0.2) is 30.5 Å². The summed E-state index contributed by atoms with van der Waals surface area (Å²) in [6.45, 7) is -0.0855. The van der Waals surface area contributed by atoms with E-state index in [-0.39, 0.29) is 29.2 Å². The lowest BCUT2D eigenvalue weighted by Crippen LogP contribution is -2.25. The van der Waals surface area contributed by atoms with Gasteiger partial charge in [-0.05, 0) is 12.1 Å². The summed E-state index contributed by atoms with van der Waals surface area (Å²) in [7, 11) is 1.35. The van der Waals surface area contributed by atoms with Crippen LogP contribution in [0.25, 0.3) is 0 Å². The van der Waals surface area contributed by atoms with Gasteiger partial charge in [-0.15, -0.1) is 0 Å². The van der Waals surface area contributed by atoms with Gasteiger partial charge in [-0.25, -0.2) is 13.8 Å². The molecule has 0 fully saturated rings. The van der Waals surface area contributed by atoms with Crippen molar-refractivity contribution in [1.82, 2.24) is 10.3 Å². The SMILES string of the molecule is COc1cccc(CNC(=O)c2cc(F)cnc2N)c1F. The van der Waals surface area contributed by atoms with Crippen molar-refractivity contribution >= 4 is 11.7 Å². The minimum absolute atomic E-state index is 0.0775. The Morgan fingerprint density at radius 3 is 2.90 bits per heavy atom. The quantitative estimate of drug-likeness (QED) is 0.902. The van der Waals surface area contributed by atoms with Gasteiger partial charge in [0.15, 0.2) is 11.6 Å². The van der Waals surface area contributed by atoms with Crippen molar-refractivity contribution in [2.45, 2.75) is 6.54 Å². The fourth-order valence-corrected chi connectivity index (χ4v) is 1.75. The summed E-state index contributed by atoms with van der Waals surface area (Å²) in [4.78, 5) is 15.5. The number of halogens is 2. The van der Waals surface area contributed by atoms with E-state index in [1.54, 1.807) is 6.07 Å². The first kappa shape index (κ1) is 14.7. The monoisotopic (exact) mass is 293 g/mol. The van der Waals surface area contributed by atoms with E-state index in [4.69, 9.17) is 10.5 Å². The smallest absolute Gasteiger partial charge is 0.255 e. The van der Waals surface area contributed by atoms with Crippen LogP contribution < -0.4 is 15.8 Å². The molecule has 0 bridgehead atoms. The molecule has 0 unspecified atom stereocenters. The van der Waals surface area contributed by atoms with Gasteiger partial charge in [-0.2, -0.15) is 0 Å². The molecule has 3 N–H and O–H groups in total. The lowest BCUT2D eigenvalue weighted by atomic mass is 10.2. The highest BCUT2D eigenvalue weighted by Crippen LogP contribution is 2.20. The van der Waals surface area contributed by atoms with Crippen molar-refractivity contribution < 1.29 is 18.3 Å². The Balaban J connectivity index is 2.13. The van der Waals surface area contributed by atoms with Gasteiger partial charge in [-0.3, -0.25) is 4.79 Å². The van der Waals surface area contributed by atoms with Gasteiger partial charge in [0, 0.05) is 12.1 Å². The number of hydrogen-bond acceptors (Lipinski definition) is 4. The highest BCUT2D eigenvalue weighted by atomic mass is 19.1. The first-order chi connectivity index (χ1) is 10.0. The molecule has 21 heavy (non-hydrogen) atoms. The van der Waals surface area contributed by atoms with Gasteiger partial charge in [0.25, 0.3) is 5.91 Å². The van der Waals surface area contributed by atoms with Crippen LogP contribution in [0.1, 0.15) is 15.9 Å². The number of ether oxygens (including phenoxy) is 1. The third-order valence-electron chi connectivity index (χ3n) is 2.83. The molecule has 0 aliphatic carbocycles. The van der Waals surface area contributed by atoms with E-state index in [1.165, 1.54) is 19.2 Å². The second-order valence-electron chi connectivity index (χ2n) is 4.20. The van der Waals surface area contributed by atoms with Gasteiger partial charge in [0.2, 0.25) is 0 Å². The highest BCUT2D eigenvalue weighted by Gasteiger charge is 2.14. The molecule has 1 aromatic carbocycles. The van der Waals surface area contributed by atoms with Gasteiger partial charge in [0.05, 0.1) is 18.9 Å². The molecule has 110 valence electrons. The molecule has 0 atom stereocenters. The minimum Gasteiger partial charge on any atom is -0.494 e. The van der Waals surface area contributed by atoms with E-state index in [0.29, 0.717) is 0 Å². The van der Waals surface area contributed by atoms with Gasteiger partial charge < -0.3 is 15.8 Å². The molecule has 0 aliphatic rings. The molecular formula is C14H13F2N3O2. The summed E-state index contributed by atoms with van der Waals surface area (Å²) in [5, 5.41) is 2.45. The van der Waals surface area contributed by atoms with Gasteiger partial charge >= 0.3 is 0 Å². The van der Waals surface area contributed by atoms with Gasteiger partial charge in [0.1, 0.15) is 11.6 Å². The number of pyridine rings is 1. The van der Waals surface area contributed by atoms with Crippen LogP contribution >= 0.6 is 0 Å². The molecule has 0 saturated heterocycles. The number of benzene rings is 1. The normalized spacial score (nSPS) is 10.2. The molecule has 0 spiro atoms. The average Bonchev–Trinajstić information content (AvgIpc) is 2.48. The predicted octanol–water partition coefficient (Wildman–Crippen LogP) is 1.88. The summed E-state index contributed by atoms with van der Waals surface area (Å²) in [6, 6.07) is 5.54. The molecule has 2 aromatic rings.